The van der Waals surface area contributed by atoms with Gasteiger partial charge in [0.05, 0.1) is 5.56 Å². The van der Waals surface area contributed by atoms with Crippen molar-refractivity contribution in [2.24, 2.45) is 11.5 Å². The van der Waals surface area contributed by atoms with E-state index >= 15 is 0 Å². The van der Waals surface area contributed by atoms with E-state index in [4.69, 9.17) is 20.9 Å². The van der Waals surface area contributed by atoms with E-state index in [1.165, 1.54) is 0 Å². The van der Waals surface area contributed by atoms with Crippen LogP contribution in [0.3, 0.4) is 0 Å². The number of carbonyl (C=O) groups is 1. The molecule has 1 amide bonds. The van der Waals surface area contributed by atoms with Crippen LogP contribution in [-0.2, 0) is 0 Å². The Morgan fingerprint density at radius 2 is 1.86 bits per heavy atom. The predicted octanol–water partition coefficient (Wildman–Crippen LogP) is 2.38. The lowest BCUT2D eigenvalue weighted by Gasteiger charge is -2.29. The summed E-state index contributed by atoms with van der Waals surface area (Å²) in [5, 5.41) is 6.57. The van der Waals surface area contributed by atoms with Crippen LogP contribution in [-0.4, -0.2) is 36.2 Å². The molecular formula is C20H25N5O3. The zero-order valence-corrected chi connectivity index (χ0v) is 15.6. The van der Waals surface area contributed by atoms with E-state index in [9.17, 15) is 4.79 Å². The molecule has 1 aromatic heterocycles. The molecule has 6 N–H and O–H groups in total. The van der Waals surface area contributed by atoms with Gasteiger partial charge in [-0.25, -0.2) is 4.98 Å². The molecule has 1 saturated carbocycles. The summed E-state index contributed by atoms with van der Waals surface area (Å²) in [5.41, 5.74) is 12.8. The SMILES string of the molecule is NC(=O)c1ccc(NC2CCCCC2N)nc1Nc1ccc2c(c1)OCCO2. The fourth-order valence-corrected chi connectivity index (χ4v) is 3.62. The Morgan fingerprint density at radius 1 is 1.07 bits per heavy atom. The van der Waals surface area contributed by atoms with Gasteiger partial charge < -0.3 is 31.6 Å². The van der Waals surface area contributed by atoms with E-state index < -0.39 is 5.91 Å². The Hall–Kier alpha value is -3.00. The second-order valence-electron chi connectivity index (χ2n) is 7.14. The largest absolute Gasteiger partial charge is 0.486 e. The van der Waals surface area contributed by atoms with Gasteiger partial charge in [0.1, 0.15) is 24.8 Å². The third-order valence-electron chi connectivity index (χ3n) is 5.12. The van der Waals surface area contributed by atoms with Crippen molar-refractivity contribution in [3.8, 4) is 11.5 Å². The van der Waals surface area contributed by atoms with Crippen LogP contribution in [0.15, 0.2) is 30.3 Å². The number of ether oxygens (including phenoxy) is 2. The Kier molecular flexibility index (Phi) is 5.21. The monoisotopic (exact) mass is 383 g/mol. The van der Waals surface area contributed by atoms with Crippen molar-refractivity contribution in [3.63, 3.8) is 0 Å². The summed E-state index contributed by atoms with van der Waals surface area (Å²) < 4.78 is 11.2. The molecule has 2 unspecified atom stereocenters. The smallest absolute Gasteiger partial charge is 0.252 e. The van der Waals surface area contributed by atoms with E-state index in [0.717, 1.165) is 31.4 Å². The molecule has 2 atom stereocenters. The molecule has 4 rings (SSSR count). The van der Waals surface area contributed by atoms with Gasteiger partial charge in [-0.3, -0.25) is 4.79 Å². The molecule has 0 spiro atoms. The minimum atomic E-state index is -0.548. The average Bonchev–Trinajstić information content (AvgIpc) is 2.70. The number of pyridine rings is 1. The molecule has 1 aromatic carbocycles. The number of nitrogens with one attached hydrogen (secondary N) is 2. The van der Waals surface area contributed by atoms with Crippen molar-refractivity contribution < 1.29 is 14.3 Å². The molecule has 0 saturated heterocycles. The second kappa shape index (κ2) is 7.93. The number of nitrogens with two attached hydrogens (primary N) is 2. The summed E-state index contributed by atoms with van der Waals surface area (Å²) in [6.45, 7) is 1.03. The highest BCUT2D eigenvalue weighted by Crippen LogP contribution is 2.34. The van der Waals surface area contributed by atoms with Crippen LogP contribution in [0, 0.1) is 0 Å². The Balaban J connectivity index is 1.58. The molecule has 1 aliphatic heterocycles. The Morgan fingerprint density at radius 3 is 2.64 bits per heavy atom. The van der Waals surface area contributed by atoms with Gasteiger partial charge in [0.25, 0.3) is 5.91 Å². The molecule has 28 heavy (non-hydrogen) atoms. The number of fused-ring (bicyclic) bond motifs is 1. The van der Waals surface area contributed by atoms with Crippen LogP contribution in [0.4, 0.5) is 17.3 Å². The number of rotatable bonds is 5. The maximum absolute atomic E-state index is 11.9. The number of amides is 1. The first kappa shape index (κ1) is 18.4. The predicted molar refractivity (Wildman–Crippen MR) is 107 cm³/mol. The minimum Gasteiger partial charge on any atom is -0.486 e. The van der Waals surface area contributed by atoms with Crippen molar-refractivity contribution in [1.82, 2.24) is 4.98 Å². The molecule has 0 radical (unpaired) electrons. The van der Waals surface area contributed by atoms with Gasteiger partial charge >= 0.3 is 0 Å². The van der Waals surface area contributed by atoms with E-state index in [1.54, 1.807) is 12.1 Å². The lowest BCUT2D eigenvalue weighted by molar-refractivity contribution is 0.100. The van der Waals surface area contributed by atoms with Gasteiger partial charge in [-0.05, 0) is 37.1 Å². The van der Waals surface area contributed by atoms with Crippen LogP contribution in [0.2, 0.25) is 0 Å². The maximum atomic E-state index is 11.9. The third kappa shape index (κ3) is 3.96. The molecule has 8 heteroatoms. The first-order valence-corrected chi connectivity index (χ1v) is 9.60. The first-order valence-electron chi connectivity index (χ1n) is 9.60. The molecule has 2 aliphatic rings. The van der Waals surface area contributed by atoms with E-state index in [2.05, 4.69) is 15.6 Å². The van der Waals surface area contributed by atoms with Gasteiger partial charge in [0.2, 0.25) is 0 Å². The van der Waals surface area contributed by atoms with E-state index in [1.807, 2.05) is 18.2 Å². The number of carbonyl (C=O) groups excluding carboxylic acids is 1. The van der Waals surface area contributed by atoms with Gasteiger partial charge in [-0.1, -0.05) is 12.8 Å². The highest BCUT2D eigenvalue weighted by atomic mass is 16.6. The minimum absolute atomic E-state index is 0.0978. The Bertz CT molecular complexity index is 873. The standard InChI is InChI=1S/C20H25N5O3/c21-14-3-1-2-4-15(14)24-18-8-6-13(19(22)26)20(25-18)23-12-5-7-16-17(11-12)28-10-9-27-16/h5-8,11,14-15H,1-4,9-10,21H2,(H2,22,26)(H2,23,24,25). The molecule has 0 bridgehead atoms. The van der Waals surface area contributed by atoms with Crippen LogP contribution in [0.5, 0.6) is 11.5 Å². The van der Waals surface area contributed by atoms with Crippen LogP contribution in [0.25, 0.3) is 0 Å². The van der Waals surface area contributed by atoms with Crippen LogP contribution < -0.4 is 31.6 Å². The zero-order valence-electron chi connectivity index (χ0n) is 15.6. The number of primary amides is 1. The number of hydrogen-bond donors (Lipinski definition) is 4. The van der Waals surface area contributed by atoms with Crippen molar-refractivity contribution in [2.75, 3.05) is 23.8 Å². The molecule has 148 valence electrons. The van der Waals surface area contributed by atoms with Crippen LogP contribution >= 0.6 is 0 Å². The van der Waals surface area contributed by atoms with Crippen molar-refractivity contribution in [2.45, 2.75) is 37.8 Å². The summed E-state index contributed by atoms with van der Waals surface area (Å²) in [7, 11) is 0. The molecule has 8 nitrogen and oxygen atoms in total. The summed E-state index contributed by atoms with van der Waals surface area (Å²) >= 11 is 0. The van der Waals surface area contributed by atoms with Gasteiger partial charge in [0.15, 0.2) is 11.5 Å². The highest BCUT2D eigenvalue weighted by Gasteiger charge is 2.22. The van der Waals surface area contributed by atoms with Gasteiger partial charge in [0, 0.05) is 23.8 Å². The summed E-state index contributed by atoms with van der Waals surface area (Å²) in [5.74, 6) is 1.85. The molecule has 2 heterocycles. The van der Waals surface area contributed by atoms with E-state index in [0.29, 0.717) is 41.9 Å². The van der Waals surface area contributed by atoms with E-state index in [-0.39, 0.29) is 12.1 Å². The molecule has 2 aromatic rings. The molecule has 1 aliphatic carbocycles. The number of nitrogens with zero attached hydrogens (tertiary/aromatic N) is 1. The summed E-state index contributed by atoms with van der Waals surface area (Å²) in [6.07, 6.45) is 4.31. The van der Waals surface area contributed by atoms with Crippen molar-refractivity contribution >= 4 is 23.2 Å². The number of anilines is 3. The van der Waals surface area contributed by atoms with Crippen molar-refractivity contribution in [3.05, 3.63) is 35.9 Å². The van der Waals surface area contributed by atoms with Crippen molar-refractivity contribution in [1.29, 1.82) is 0 Å². The number of aromatic nitrogens is 1. The summed E-state index contributed by atoms with van der Waals surface area (Å²) in [4.78, 5) is 16.4. The molecular weight excluding hydrogens is 358 g/mol. The van der Waals surface area contributed by atoms with Gasteiger partial charge in [-0.2, -0.15) is 0 Å². The maximum Gasteiger partial charge on any atom is 0.252 e. The van der Waals surface area contributed by atoms with Crippen LogP contribution in [0.1, 0.15) is 36.0 Å². The number of hydrogen-bond acceptors (Lipinski definition) is 7. The summed E-state index contributed by atoms with van der Waals surface area (Å²) in [6, 6.07) is 9.19. The highest BCUT2D eigenvalue weighted by molar-refractivity contribution is 5.98. The fourth-order valence-electron chi connectivity index (χ4n) is 3.62. The third-order valence-corrected chi connectivity index (χ3v) is 5.12. The average molecular weight is 383 g/mol. The Labute approximate surface area is 163 Å². The zero-order chi connectivity index (χ0) is 19.5. The lowest BCUT2D eigenvalue weighted by Crippen LogP contribution is -2.42. The first-order chi connectivity index (χ1) is 13.6. The normalized spacial score (nSPS) is 21.0. The lowest BCUT2D eigenvalue weighted by atomic mass is 9.91. The number of benzene rings is 1. The second-order valence-corrected chi connectivity index (χ2v) is 7.14. The quantitative estimate of drug-likeness (QED) is 0.625. The molecule has 1 fully saturated rings. The van der Waals surface area contributed by atoms with Gasteiger partial charge in [-0.15, -0.1) is 0 Å². The fraction of sp³-hybridized carbons (Fsp3) is 0.400. The topological polar surface area (TPSA) is 125 Å².